The van der Waals surface area contributed by atoms with Gasteiger partial charge in [0.15, 0.2) is 5.75 Å². The van der Waals surface area contributed by atoms with Crippen molar-refractivity contribution in [3.05, 3.63) is 96.1 Å². The zero-order chi connectivity index (χ0) is 29.1. The standard InChI is InChI=1S/C32H36N2O7/c1-3-32(36)39-20-8-6-5-7-19-38-29-16-11-26(12-17-29)24-40-41-30-18-13-27(21-31(30)37-4-2)23-34-33-22-25-9-14-28(35)15-10-25/h3,9-18,21-23,35H,1,4-8,19-20,24H2,2H3. The third kappa shape index (κ3) is 12.0. The molecule has 0 heterocycles. The number of carbonyl (C=O) groups excluding carboxylic acids is 1. The number of ether oxygens (including phenoxy) is 3. The number of esters is 1. The minimum atomic E-state index is -0.379. The van der Waals surface area contributed by atoms with Crippen molar-refractivity contribution >= 4 is 18.4 Å². The molecule has 0 atom stereocenters. The monoisotopic (exact) mass is 560 g/mol. The van der Waals surface area contributed by atoms with E-state index in [1.807, 2.05) is 37.3 Å². The molecule has 216 valence electrons. The Morgan fingerprint density at radius 1 is 0.829 bits per heavy atom. The number of unbranched alkanes of at least 4 members (excludes halogenated alkanes) is 3. The summed E-state index contributed by atoms with van der Waals surface area (Å²) in [4.78, 5) is 22.0. The summed E-state index contributed by atoms with van der Waals surface area (Å²) >= 11 is 0. The van der Waals surface area contributed by atoms with Crippen LogP contribution in [0.1, 0.15) is 49.3 Å². The van der Waals surface area contributed by atoms with Crippen LogP contribution in [0, 0.1) is 0 Å². The Labute approximate surface area is 240 Å². The summed E-state index contributed by atoms with van der Waals surface area (Å²) in [6.07, 6.45) is 8.11. The molecule has 0 aliphatic rings. The summed E-state index contributed by atoms with van der Waals surface area (Å²) in [7, 11) is 0. The average molecular weight is 561 g/mol. The first kappa shape index (κ1) is 30.9. The third-order valence-electron chi connectivity index (χ3n) is 5.66. The fraction of sp³-hybridized carbons (Fsp3) is 0.281. The van der Waals surface area contributed by atoms with Gasteiger partial charge in [-0.05, 0) is 104 Å². The van der Waals surface area contributed by atoms with E-state index in [0.29, 0.717) is 31.3 Å². The molecule has 1 N–H and O–H groups in total. The summed E-state index contributed by atoms with van der Waals surface area (Å²) in [6.45, 7) is 7.01. The molecule has 0 saturated carbocycles. The number of phenolic OH excluding ortho intramolecular Hbond substituents is 1. The molecule has 3 rings (SSSR count). The smallest absolute Gasteiger partial charge is 0.330 e. The van der Waals surface area contributed by atoms with Crippen molar-refractivity contribution in [2.45, 2.75) is 39.2 Å². The van der Waals surface area contributed by atoms with E-state index in [2.05, 4.69) is 16.8 Å². The van der Waals surface area contributed by atoms with Crippen molar-refractivity contribution < 1.29 is 33.9 Å². The lowest BCUT2D eigenvalue weighted by Crippen LogP contribution is -2.02. The number of benzene rings is 3. The summed E-state index contributed by atoms with van der Waals surface area (Å²) in [5.41, 5.74) is 2.54. The van der Waals surface area contributed by atoms with Crippen LogP contribution in [0.2, 0.25) is 0 Å². The van der Waals surface area contributed by atoms with E-state index in [0.717, 1.165) is 48.1 Å². The summed E-state index contributed by atoms with van der Waals surface area (Å²) in [5, 5.41) is 17.5. The third-order valence-corrected chi connectivity index (χ3v) is 5.66. The van der Waals surface area contributed by atoms with Crippen molar-refractivity contribution in [1.29, 1.82) is 0 Å². The van der Waals surface area contributed by atoms with Crippen LogP contribution in [0.3, 0.4) is 0 Å². The minimum absolute atomic E-state index is 0.200. The van der Waals surface area contributed by atoms with Crippen LogP contribution in [0.4, 0.5) is 0 Å². The number of rotatable bonds is 18. The topological polar surface area (TPSA) is 108 Å². The second kappa shape index (κ2) is 17.9. The van der Waals surface area contributed by atoms with Crippen LogP contribution in [0.25, 0.3) is 0 Å². The van der Waals surface area contributed by atoms with Crippen molar-refractivity contribution in [2.75, 3.05) is 19.8 Å². The molecule has 0 radical (unpaired) electrons. The van der Waals surface area contributed by atoms with Gasteiger partial charge in [-0.3, -0.25) is 0 Å². The Balaban J connectivity index is 1.38. The minimum Gasteiger partial charge on any atom is -0.508 e. The van der Waals surface area contributed by atoms with Crippen LogP contribution >= 0.6 is 0 Å². The molecule has 0 aromatic heterocycles. The Morgan fingerprint density at radius 3 is 2.22 bits per heavy atom. The van der Waals surface area contributed by atoms with E-state index in [9.17, 15) is 9.90 Å². The highest BCUT2D eigenvalue weighted by Gasteiger charge is 2.08. The summed E-state index contributed by atoms with van der Waals surface area (Å²) in [6, 6.07) is 19.7. The van der Waals surface area contributed by atoms with Crippen LogP contribution < -0.4 is 14.4 Å². The highest BCUT2D eigenvalue weighted by Crippen LogP contribution is 2.28. The quantitative estimate of drug-likeness (QED) is 0.0477. The second-order valence-corrected chi connectivity index (χ2v) is 8.84. The van der Waals surface area contributed by atoms with Crippen molar-refractivity contribution in [3.8, 4) is 23.0 Å². The van der Waals surface area contributed by atoms with E-state index in [1.165, 1.54) is 6.08 Å². The molecule has 0 spiro atoms. The van der Waals surface area contributed by atoms with E-state index < -0.39 is 0 Å². The van der Waals surface area contributed by atoms with Crippen molar-refractivity contribution in [2.24, 2.45) is 10.2 Å². The molecule has 3 aromatic rings. The van der Waals surface area contributed by atoms with Crippen LogP contribution in [0.15, 0.2) is 89.6 Å². The van der Waals surface area contributed by atoms with Crippen LogP contribution in [-0.4, -0.2) is 43.3 Å². The van der Waals surface area contributed by atoms with E-state index in [1.54, 1.807) is 48.8 Å². The lowest BCUT2D eigenvalue weighted by atomic mass is 10.2. The first-order valence-corrected chi connectivity index (χ1v) is 13.5. The maximum absolute atomic E-state index is 11.0. The van der Waals surface area contributed by atoms with Gasteiger partial charge in [0.1, 0.15) is 18.1 Å². The number of nitrogens with zero attached hydrogens (tertiary/aromatic N) is 2. The molecule has 3 aromatic carbocycles. The molecule has 41 heavy (non-hydrogen) atoms. The summed E-state index contributed by atoms with van der Waals surface area (Å²) in [5.74, 6) is 1.59. The molecule has 0 saturated heterocycles. The second-order valence-electron chi connectivity index (χ2n) is 8.84. The van der Waals surface area contributed by atoms with Gasteiger partial charge in [0.25, 0.3) is 0 Å². The maximum atomic E-state index is 11.0. The van der Waals surface area contributed by atoms with Gasteiger partial charge in [0.05, 0.1) is 32.2 Å². The van der Waals surface area contributed by atoms with Crippen molar-refractivity contribution in [1.82, 2.24) is 0 Å². The Bertz CT molecular complexity index is 1270. The van der Waals surface area contributed by atoms with Gasteiger partial charge in [0, 0.05) is 6.08 Å². The van der Waals surface area contributed by atoms with E-state index in [4.69, 9.17) is 24.0 Å². The SMILES string of the molecule is C=CC(=O)OCCCCCCOc1ccc(COOc2ccc(C=NN=Cc3ccc(O)cc3)cc2OCC)cc1. The number of hydrogen-bond donors (Lipinski definition) is 1. The molecule has 0 fully saturated rings. The predicted octanol–water partition coefficient (Wildman–Crippen LogP) is 6.42. The molecule has 9 nitrogen and oxygen atoms in total. The molecular formula is C32H36N2O7. The molecule has 0 aliphatic carbocycles. The number of aromatic hydroxyl groups is 1. The highest BCUT2D eigenvalue weighted by atomic mass is 17.2. The predicted molar refractivity (Wildman–Crippen MR) is 158 cm³/mol. The lowest BCUT2D eigenvalue weighted by Gasteiger charge is -2.11. The van der Waals surface area contributed by atoms with Gasteiger partial charge >= 0.3 is 5.97 Å². The largest absolute Gasteiger partial charge is 0.508 e. The van der Waals surface area contributed by atoms with Gasteiger partial charge < -0.3 is 24.2 Å². The van der Waals surface area contributed by atoms with Gasteiger partial charge in [0.2, 0.25) is 5.75 Å². The zero-order valence-corrected chi connectivity index (χ0v) is 23.2. The Kier molecular flexibility index (Phi) is 13.5. The summed E-state index contributed by atoms with van der Waals surface area (Å²) < 4.78 is 16.5. The van der Waals surface area contributed by atoms with E-state index >= 15 is 0 Å². The average Bonchev–Trinajstić information content (AvgIpc) is 2.99. The molecule has 9 heteroatoms. The first-order valence-electron chi connectivity index (χ1n) is 13.5. The van der Waals surface area contributed by atoms with Crippen molar-refractivity contribution in [3.63, 3.8) is 0 Å². The number of hydrogen-bond acceptors (Lipinski definition) is 9. The molecule has 0 unspecified atom stereocenters. The Hall–Kier alpha value is -4.63. The normalized spacial score (nSPS) is 11.0. The number of phenols is 1. The molecule has 0 bridgehead atoms. The fourth-order valence-electron chi connectivity index (χ4n) is 3.52. The fourth-order valence-corrected chi connectivity index (χ4v) is 3.52. The molecular weight excluding hydrogens is 524 g/mol. The van der Waals surface area contributed by atoms with Gasteiger partial charge in [-0.15, -0.1) is 0 Å². The van der Waals surface area contributed by atoms with Gasteiger partial charge in [-0.2, -0.15) is 15.1 Å². The Morgan fingerprint density at radius 2 is 1.51 bits per heavy atom. The molecule has 0 aliphatic heterocycles. The van der Waals surface area contributed by atoms with Gasteiger partial charge in [-0.1, -0.05) is 18.7 Å². The maximum Gasteiger partial charge on any atom is 0.330 e. The van der Waals surface area contributed by atoms with Gasteiger partial charge in [-0.25, -0.2) is 4.79 Å². The molecule has 0 amide bonds. The highest BCUT2D eigenvalue weighted by molar-refractivity contribution is 5.83. The number of carbonyl (C=O) groups is 1. The first-order chi connectivity index (χ1) is 20.1. The van der Waals surface area contributed by atoms with Crippen LogP contribution in [-0.2, 0) is 21.0 Å². The lowest BCUT2D eigenvalue weighted by molar-refractivity contribution is -0.218. The zero-order valence-electron chi connectivity index (χ0n) is 23.2. The van der Waals surface area contributed by atoms with Crippen LogP contribution in [0.5, 0.6) is 23.0 Å². The van der Waals surface area contributed by atoms with E-state index in [-0.39, 0.29) is 18.3 Å².